The Morgan fingerprint density at radius 3 is 2.43 bits per heavy atom. The standard InChI is InChI=1S/C20H22F2N2O3S/c1-13-7-9-24(10-8-13)28(26,27)16-5-3-14(2)17(12-16)20(25)23-19-6-4-15(21)11-18(19)22/h3-6,11-13H,7-10H2,1-2H3,(H,23,25). The van der Waals surface area contributed by atoms with Gasteiger partial charge in [-0.3, -0.25) is 4.79 Å². The van der Waals surface area contributed by atoms with Crippen LogP contribution in [0, 0.1) is 24.5 Å². The van der Waals surface area contributed by atoms with Crippen molar-refractivity contribution in [1.29, 1.82) is 0 Å². The number of carbonyl (C=O) groups is 1. The fraction of sp³-hybridized carbons (Fsp3) is 0.350. The number of benzene rings is 2. The molecule has 1 aliphatic heterocycles. The molecule has 1 N–H and O–H groups in total. The summed E-state index contributed by atoms with van der Waals surface area (Å²) in [5.74, 6) is -1.84. The summed E-state index contributed by atoms with van der Waals surface area (Å²) in [6, 6.07) is 7.14. The van der Waals surface area contributed by atoms with Gasteiger partial charge in [-0.1, -0.05) is 13.0 Å². The lowest BCUT2D eigenvalue weighted by atomic mass is 10.0. The van der Waals surface area contributed by atoms with E-state index in [1.165, 1.54) is 16.4 Å². The molecule has 8 heteroatoms. The van der Waals surface area contributed by atoms with Gasteiger partial charge in [0.15, 0.2) is 0 Å². The molecule has 2 aromatic carbocycles. The fourth-order valence-corrected chi connectivity index (χ4v) is 4.66. The molecule has 28 heavy (non-hydrogen) atoms. The number of hydrogen-bond acceptors (Lipinski definition) is 3. The predicted molar refractivity (Wildman–Crippen MR) is 103 cm³/mol. The van der Waals surface area contributed by atoms with Gasteiger partial charge in [0.2, 0.25) is 10.0 Å². The quantitative estimate of drug-likeness (QED) is 0.833. The van der Waals surface area contributed by atoms with E-state index in [1.54, 1.807) is 13.0 Å². The zero-order valence-corrected chi connectivity index (χ0v) is 16.5. The van der Waals surface area contributed by atoms with E-state index < -0.39 is 27.6 Å². The number of anilines is 1. The van der Waals surface area contributed by atoms with Crippen molar-refractivity contribution in [3.8, 4) is 0 Å². The van der Waals surface area contributed by atoms with Crippen LogP contribution in [0.4, 0.5) is 14.5 Å². The van der Waals surface area contributed by atoms with Crippen LogP contribution < -0.4 is 5.32 Å². The van der Waals surface area contributed by atoms with Crippen LogP contribution in [0.2, 0.25) is 0 Å². The Morgan fingerprint density at radius 2 is 1.79 bits per heavy atom. The van der Waals surface area contributed by atoms with Crippen LogP contribution in [0.5, 0.6) is 0 Å². The van der Waals surface area contributed by atoms with Gasteiger partial charge in [-0.2, -0.15) is 4.31 Å². The van der Waals surface area contributed by atoms with Crippen LogP contribution in [0.1, 0.15) is 35.7 Å². The van der Waals surface area contributed by atoms with Crippen molar-refractivity contribution in [2.24, 2.45) is 5.92 Å². The number of nitrogens with zero attached hydrogens (tertiary/aromatic N) is 1. The van der Waals surface area contributed by atoms with Gasteiger partial charge in [-0.15, -0.1) is 0 Å². The summed E-state index contributed by atoms with van der Waals surface area (Å²) < 4.78 is 54.1. The first-order chi connectivity index (χ1) is 13.2. The smallest absolute Gasteiger partial charge is 0.256 e. The second kappa shape index (κ2) is 7.97. The summed E-state index contributed by atoms with van der Waals surface area (Å²) in [5, 5.41) is 2.37. The van der Waals surface area contributed by atoms with E-state index in [1.807, 2.05) is 0 Å². The summed E-state index contributed by atoms with van der Waals surface area (Å²) in [6.45, 7) is 4.64. The maximum Gasteiger partial charge on any atom is 0.256 e. The molecule has 150 valence electrons. The number of rotatable bonds is 4. The number of hydrogen-bond donors (Lipinski definition) is 1. The maximum atomic E-state index is 13.8. The topological polar surface area (TPSA) is 66.5 Å². The largest absolute Gasteiger partial charge is 0.319 e. The molecule has 1 amide bonds. The van der Waals surface area contributed by atoms with E-state index in [-0.39, 0.29) is 16.1 Å². The van der Waals surface area contributed by atoms with E-state index in [0.29, 0.717) is 30.6 Å². The Bertz CT molecular complexity index is 1000. The van der Waals surface area contributed by atoms with Gasteiger partial charge in [0.1, 0.15) is 11.6 Å². The lowest BCUT2D eigenvalue weighted by Crippen LogP contribution is -2.38. The molecule has 2 aromatic rings. The molecule has 0 aliphatic carbocycles. The molecule has 0 bridgehead atoms. The van der Waals surface area contributed by atoms with Gasteiger partial charge in [0.25, 0.3) is 5.91 Å². The number of sulfonamides is 1. The van der Waals surface area contributed by atoms with E-state index in [2.05, 4.69) is 12.2 Å². The minimum absolute atomic E-state index is 0.0254. The van der Waals surface area contributed by atoms with Crippen LogP contribution in [0.25, 0.3) is 0 Å². The Balaban J connectivity index is 1.87. The van der Waals surface area contributed by atoms with E-state index in [4.69, 9.17) is 0 Å². The number of halogens is 2. The highest BCUT2D eigenvalue weighted by atomic mass is 32.2. The van der Waals surface area contributed by atoms with Crippen LogP contribution in [0.15, 0.2) is 41.3 Å². The van der Waals surface area contributed by atoms with E-state index >= 15 is 0 Å². The molecule has 3 rings (SSSR count). The Hall–Kier alpha value is -2.32. The molecule has 1 heterocycles. The number of piperidine rings is 1. The van der Waals surface area contributed by atoms with Crippen LogP contribution in [-0.4, -0.2) is 31.7 Å². The molecule has 0 saturated carbocycles. The molecule has 0 atom stereocenters. The first-order valence-corrected chi connectivity index (χ1v) is 10.5. The average Bonchev–Trinajstić information content (AvgIpc) is 2.64. The average molecular weight is 408 g/mol. The van der Waals surface area contributed by atoms with Crippen molar-refractivity contribution in [2.45, 2.75) is 31.6 Å². The van der Waals surface area contributed by atoms with Crippen LogP contribution in [-0.2, 0) is 10.0 Å². The zero-order valence-electron chi connectivity index (χ0n) is 15.7. The second-order valence-electron chi connectivity index (χ2n) is 7.14. The Kier molecular flexibility index (Phi) is 5.81. The number of carbonyl (C=O) groups excluding carboxylic acids is 1. The van der Waals surface area contributed by atoms with Gasteiger partial charge >= 0.3 is 0 Å². The summed E-state index contributed by atoms with van der Waals surface area (Å²) in [5.41, 5.74) is 0.491. The summed E-state index contributed by atoms with van der Waals surface area (Å²) in [6.07, 6.45) is 1.59. The van der Waals surface area contributed by atoms with Gasteiger partial charge in [-0.05, 0) is 55.5 Å². The van der Waals surface area contributed by atoms with E-state index in [0.717, 1.165) is 25.0 Å². The van der Waals surface area contributed by atoms with Crippen LogP contribution >= 0.6 is 0 Å². The molecule has 0 radical (unpaired) electrons. The number of amides is 1. The SMILES string of the molecule is Cc1ccc(S(=O)(=O)N2CCC(C)CC2)cc1C(=O)Nc1ccc(F)cc1F. The summed E-state index contributed by atoms with van der Waals surface area (Å²) >= 11 is 0. The van der Waals surface area contributed by atoms with Gasteiger partial charge in [0.05, 0.1) is 10.6 Å². The van der Waals surface area contributed by atoms with Crippen molar-refractivity contribution in [3.05, 3.63) is 59.2 Å². The van der Waals surface area contributed by atoms with Crippen molar-refractivity contribution >= 4 is 21.6 Å². The van der Waals surface area contributed by atoms with Gasteiger partial charge in [0, 0.05) is 24.7 Å². The monoisotopic (exact) mass is 408 g/mol. The molecule has 0 unspecified atom stereocenters. The highest BCUT2D eigenvalue weighted by molar-refractivity contribution is 7.89. The third kappa shape index (κ3) is 4.23. The Morgan fingerprint density at radius 1 is 1.11 bits per heavy atom. The van der Waals surface area contributed by atoms with Crippen molar-refractivity contribution in [1.82, 2.24) is 4.31 Å². The highest BCUT2D eigenvalue weighted by Crippen LogP contribution is 2.25. The summed E-state index contributed by atoms with van der Waals surface area (Å²) in [7, 11) is -3.72. The molecule has 1 saturated heterocycles. The van der Waals surface area contributed by atoms with E-state index in [9.17, 15) is 22.0 Å². The lowest BCUT2D eigenvalue weighted by molar-refractivity contribution is 0.102. The fourth-order valence-electron chi connectivity index (χ4n) is 3.16. The first-order valence-electron chi connectivity index (χ1n) is 9.05. The first kappa shape index (κ1) is 20.4. The molecule has 0 spiro atoms. The predicted octanol–water partition coefficient (Wildman–Crippen LogP) is 3.95. The third-order valence-electron chi connectivity index (χ3n) is 5.01. The highest BCUT2D eigenvalue weighted by Gasteiger charge is 2.29. The maximum absolute atomic E-state index is 13.8. The molecule has 0 aromatic heterocycles. The zero-order chi connectivity index (χ0) is 20.5. The minimum atomic E-state index is -3.72. The molecule has 1 fully saturated rings. The number of nitrogens with one attached hydrogen (secondary N) is 1. The third-order valence-corrected chi connectivity index (χ3v) is 6.91. The minimum Gasteiger partial charge on any atom is -0.319 e. The van der Waals surface area contributed by atoms with Crippen LogP contribution in [0.3, 0.4) is 0 Å². The van der Waals surface area contributed by atoms with Gasteiger partial charge in [-0.25, -0.2) is 17.2 Å². The summed E-state index contributed by atoms with van der Waals surface area (Å²) in [4.78, 5) is 12.6. The van der Waals surface area contributed by atoms with Crippen molar-refractivity contribution in [2.75, 3.05) is 18.4 Å². The van der Waals surface area contributed by atoms with Crippen molar-refractivity contribution in [3.63, 3.8) is 0 Å². The van der Waals surface area contributed by atoms with Gasteiger partial charge < -0.3 is 5.32 Å². The number of aryl methyl sites for hydroxylation is 1. The molecular weight excluding hydrogens is 386 g/mol. The normalized spacial score (nSPS) is 16.1. The van der Waals surface area contributed by atoms with Crippen molar-refractivity contribution < 1.29 is 22.0 Å². The lowest BCUT2D eigenvalue weighted by Gasteiger charge is -2.29. The molecular formula is C20H22F2N2O3S. The second-order valence-corrected chi connectivity index (χ2v) is 9.08. The Labute approximate surface area is 163 Å². The molecule has 5 nitrogen and oxygen atoms in total. The molecule has 1 aliphatic rings.